The maximum Gasteiger partial charge on any atom is 0.0535 e. The molecule has 0 heterocycles. The number of hydrogen-bond donors (Lipinski definition) is 3. The molecule has 3 nitrogen and oxygen atoms in total. The van der Waals surface area contributed by atoms with Crippen molar-refractivity contribution in [2.24, 2.45) is 17.8 Å². The van der Waals surface area contributed by atoms with Gasteiger partial charge in [-0.15, -0.1) is 0 Å². The summed E-state index contributed by atoms with van der Waals surface area (Å²) in [5, 5.41) is 25.2. The van der Waals surface area contributed by atoms with E-state index in [1.807, 2.05) is 13.8 Å². The Hall–Kier alpha value is -0.120. The average molecular weight is 311 g/mol. The first-order chi connectivity index (χ1) is 8.68. The fraction of sp³-hybridized carbons (Fsp3) is 1.00. The molecule has 0 aliphatic heterocycles. The van der Waals surface area contributed by atoms with E-state index in [0.717, 1.165) is 25.2 Å². The predicted molar refractivity (Wildman–Crippen MR) is 97.7 cm³/mol. The van der Waals surface area contributed by atoms with Crippen LogP contribution in [0.1, 0.15) is 82.6 Å². The lowest BCUT2D eigenvalue weighted by Gasteiger charge is -2.04. The minimum atomic E-state index is -0.148. The van der Waals surface area contributed by atoms with Crippen molar-refractivity contribution in [3.63, 3.8) is 0 Å². The zero-order valence-corrected chi connectivity index (χ0v) is 14.2. The van der Waals surface area contributed by atoms with Crippen LogP contribution in [-0.2, 0) is 0 Å². The fourth-order valence-electron chi connectivity index (χ4n) is 0.758. The number of aliphatic hydroxyl groups excluding tert-OH is 3. The van der Waals surface area contributed by atoms with Gasteiger partial charge in [-0.25, -0.2) is 0 Å². The van der Waals surface area contributed by atoms with Crippen molar-refractivity contribution in [2.45, 2.75) is 88.7 Å². The summed E-state index contributed by atoms with van der Waals surface area (Å²) in [5.41, 5.74) is 0. The van der Waals surface area contributed by atoms with Crippen LogP contribution in [-0.4, -0.2) is 34.6 Å². The van der Waals surface area contributed by atoms with E-state index in [1.54, 1.807) is 6.92 Å². The van der Waals surface area contributed by atoms with E-state index >= 15 is 0 Å². The zero-order valence-electron chi connectivity index (χ0n) is 14.2. The molecule has 3 heteroatoms. The third kappa shape index (κ3) is 53.7. The van der Waals surface area contributed by atoms with Crippen LogP contribution in [0.5, 0.6) is 0 Å². The van der Waals surface area contributed by atoms with Crippen molar-refractivity contribution in [2.75, 3.05) is 13.2 Å². The standard InChI is InChI=1S/C6H14O.2C5H12O.2CH4/c1-6(2)4-3-5-7;1-5(2)3-4-6;1-4(2)5(3)6;;/h6-7H,3-5H2,1-2H3;5-6H,3-4H2,1-2H3;4-6H,1-3H3;2*1H4. The van der Waals surface area contributed by atoms with Gasteiger partial charge in [-0.05, 0) is 43.9 Å². The third-order valence-electron chi connectivity index (χ3n) is 2.61. The van der Waals surface area contributed by atoms with Gasteiger partial charge in [0.1, 0.15) is 0 Å². The van der Waals surface area contributed by atoms with Crippen LogP contribution in [0.25, 0.3) is 0 Å². The fourth-order valence-corrected chi connectivity index (χ4v) is 0.758. The molecule has 0 spiro atoms. The van der Waals surface area contributed by atoms with Gasteiger partial charge in [0.2, 0.25) is 0 Å². The summed E-state index contributed by atoms with van der Waals surface area (Å²) in [5.74, 6) is 1.80. The highest BCUT2D eigenvalue weighted by Gasteiger charge is 1.97. The van der Waals surface area contributed by atoms with E-state index in [4.69, 9.17) is 15.3 Å². The van der Waals surface area contributed by atoms with Crippen molar-refractivity contribution in [3.8, 4) is 0 Å². The Bertz CT molecular complexity index is 137. The third-order valence-corrected chi connectivity index (χ3v) is 2.61. The average Bonchev–Trinajstić information content (AvgIpc) is 2.27. The van der Waals surface area contributed by atoms with Crippen LogP contribution >= 0.6 is 0 Å². The number of rotatable bonds is 6. The van der Waals surface area contributed by atoms with Crippen LogP contribution in [0, 0.1) is 17.8 Å². The molecule has 136 valence electrons. The Kier molecular flexibility index (Phi) is 38.8. The zero-order chi connectivity index (χ0) is 15.8. The van der Waals surface area contributed by atoms with Crippen LogP contribution < -0.4 is 0 Å². The summed E-state index contributed by atoms with van der Waals surface area (Å²) < 4.78 is 0. The molecule has 0 aliphatic rings. The first-order valence-electron chi connectivity index (χ1n) is 7.58. The van der Waals surface area contributed by atoms with E-state index < -0.39 is 0 Å². The lowest BCUT2D eigenvalue weighted by atomic mass is 10.1. The quantitative estimate of drug-likeness (QED) is 0.664. The first-order valence-corrected chi connectivity index (χ1v) is 7.58. The van der Waals surface area contributed by atoms with Gasteiger partial charge in [-0.1, -0.05) is 56.4 Å². The van der Waals surface area contributed by atoms with Crippen LogP contribution in [0.4, 0.5) is 0 Å². The number of hydrogen-bond acceptors (Lipinski definition) is 3. The van der Waals surface area contributed by atoms with Gasteiger partial charge in [0.25, 0.3) is 0 Å². The summed E-state index contributed by atoms with van der Waals surface area (Å²) >= 11 is 0. The van der Waals surface area contributed by atoms with Gasteiger partial charge >= 0.3 is 0 Å². The van der Waals surface area contributed by atoms with Crippen LogP contribution in [0.15, 0.2) is 0 Å². The Morgan fingerprint density at radius 1 is 0.667 bits per heavy atom. The first kappa shape index (κ1) is 32.7. The molecule has 0 bridgehead atoms. The SMILES string of the molecule is C.C.CC(C)C(C)O.CC(C)CCCO.CC(C)CCO. The molecular formula is C18H46O3. The Morgan fingerprint density at radius 3 is 1.05 bits per heavy atom. The van der Waals surface area contributed by atoms with Crippen molar-refractivity contribution in [1.29, 1.82) is 0 Å². The molecule has 0 rings (SSSR count). The van der Waals surface area contributed by atoms with Crippen molar-refractivity contribution in [3.05, 3.63) is 0 Å². The van der Waals surface area contributed by atoms with Gasteiger partial charge in [0.05, 0.1) is 6.10 Å². The molecule has 0 aromatic heterocycles. The van der Waals surface area contributed by atoms with Crippen molar-refractivity contribution < 1.29 is 15.3 Å². The van der Waals surface area contributed by atoms with Crippen molar-refractivity contribution >= 4 is 0 Å². The molecule has 3 N–H and O–H groups in total. The van der Waals surface area contributed by atoms with Crippen LogP contribution in [0.2, 0.25) is 0 Å². The summed E-state index contributed by atoms with van der Waals surface area (Å²) in [7, 11) is 0. The largest absolute Gasteiger partial charge is 0.396 e. The molecule has 1 unspecified atom stereocenters. The highest BCUT2D eigenvalue weighted by molar-refractivity contribution is 4.48. The smallest absolute Gasteiger partial charge is 0.0535 e. The second-order valence-corrected chi connectivity index (χ2v) is 6.15. The second-order valence-electron chi connectivity index (χ2n) is 6.15. The maximum atomic E-state index is 8.63. The van der Waals surface area contributed by atoms with E-state index in [9.17, 15) is 0 Å². The van der Waals surface area contributed by atoms with Gasteiger partial charge in [0, 0.05) is 13.2 Å². The van der Waals surface area contributed by atoms with Crippen molar-refractivity contribution in [1.82, 2.24) is 0 Å². The molecule has 0 saturated carbocycles. The molecule has 0 amide bonds. The second kappa shape index (κ2) is 24.9. The minimum Gasteiger partial charge on any atom is -0.396 e. The van der Waals surface area contributed by atoms with E-state index in [0.29, 0.717) is 25.0 Å². The normalized spacial score (nSPS) is 10.7. The lowest BCUT2D eigenvalue weighted by molar-refractivity contribution is 0.144. The van der Waals surface area contributed by atoms with Gasteiger partial charge in [0.15, 0.2) is 0 Å². The lowest BCUT2D eigenvalue weighted by Crippen LogP contribution is -2.07. The monoisotopic (exact) mass is 310 g/mol. The molecule has 0 fully saturated rings. The molecule has 0 saturated heterocycles. The van der Waals surface area contributed by atoms with Gasteiger partial charge < -0.3 is 15.3 Å². The summed E-state index contributed by atoms with van der Waals surface area (Å²) in [6, 6.07) is 0. The number of aliphatic hydroxyl groups is 3. The molecule has 0 radical (unpaired) electrons. The van der Waals surface area contributed by atoms with Gasteiger partial charge in [-0.3, -0.25) is 0 Å². The summed E-state index contributed by atoms with van der Waals surface area (Å²) in [6.45, 7) is 15.0. The highest BCUT2D eigenvalue weighted by Crippen LogP contribution is 2.01. The molecule has 21 heavy (non-hydrogen) atoms. The Balaban J connectivity index is -0.0000000584. The molecule has 0 aliphatic carbocycles. The molecule has 1 atom stereocenters. The highest BCUT2D eigenvalue weighted by atomic mass is 16.3. The van der Waals surface area contributed by atoms with Crippen LogP contribution in [0.3, 0.4) is 0 Å². The summed E-state index contributed by atoms with van der Waals surface area (Å²) in [6.07, 6.45) is 2.89. The predicted octanol–water partition coefficient (Wildman–Crippen LogP) is 4.74. The van der Waals surface area contributed by atoms with E-state index in [-0.39, 0.29) is 21.0 Å². The minimum absolute atomic E-state index is 0. The molecule has 0 aromatic rings. The topological polar surface area (TPSA) is 60.7 Å². The maximum absolute atomic E-state index is 8.63. The van der Waals surface area contributed by atoms with E-state index in [2.05, 4.69) is 27.7 Å². The molecular weight excluding hydrogens is 264 g/mol. The Labute approximate surface area is 135 Å². The van der Waals surface area contributed by atoms with Gasteiger partial charge in [-0.2, -0.15) is 0 Å². The molecule has 0 aromatic carbocycles. The summed E-state index contributed by atoms with van der Waals surface area (Å²) in [4.78, 5) is 0. The van der Waals surface area contributed by atoms with E-state index in [1.165, 1.54) is 0 Å². The Morgan fingerprint density at radius 2 is 1.00 bits per heavy atom.